The molecule has 7 heteroatoms. The first-order chi connectivity index (χ1) is 14.7. The zero-order chi connectivity index (χ0) is 22.4. The molecular weight excluding hydrogens is 428 g/mol. The molecule has 0 radical (unpaired) electrons. The number of nitrogens with one attached hydrogen (secondary N) is 2. The van der Waals surface area contributed by atoms with Gasteiger partial charge in [-0.05, 0) is 62.2 Å². The SMILES string of the molecule is Cc1ccc(NS(=O)(=O)c2ccc(NC(=O)[C@H](C)SCc3ccccc3)cc2)c(C)c1. The number of rotatable bonds is 8. The van der Waals surface area contributed by atoms with Crippen molar-refractivity contribution >= 4 is 39.1 Å². The van der Waals surface area contributed by atoms with Crippen LogP contribution in [0.5, 0.6) is 0 Å². The number of sulfonamides is 1. The van der Waals surface area contributed by atoms with Gasteiger partial charge in [0.2, 0.25) is 5.91 Å². The van der Waals surface area contributed by atoms with E-state index in [1.54, 1.807) is 30.0 Å². The molecule has 3 aromatic carbocycles. The van der Waals surface area contributed by atoms with Gasteiger partial charge >= 0.3 is 0 Å². The number of benzene rings is 3. The molecule has 3 aromatic rings. The highest BCUT2D eigenvalue weighted by molar-refractivity contribution is 7.99. The molecule has 162 valence electrons. The van der Waals surface area contributed by atoms with Gasteiger partial charge in [0.05, 0.1) is 15.8 Å². The largest absolute Gasteiger partial charge is 0.325 e. The minimum absolute atomic E-state index is 0.120. The predicted molar refractivity (Wildman–Crippen MR) is 129 cm³/mol. The molecule has 0 aliphatic carbocycles. The Bertz CT molecular complexity index is 1150. The number of aryl methyl sites for hydroxylation is 2. The zero-order valence-corrected chi connectivity index (χ0v) is 19.4. The molecule has 0 unspecified atom stereocenters. The summed E-state index contributed by atoms with van der Waals surface area (Å²) in [6.07, 6.45) is 0. The van der Waals surface area contributed by atoms with Gasteiger partial charge in [0.1, 0.15) is 0 Å². The second-order valence-corrected chi connectivity index (χ2v) is 10.4. The Morgan fingerprint density at radius 1 is 0.968 bits per heavy atom. The van der Waals surface area contributed by atoms with Crippen molar-refractivity contribution in [2.24, 2.45) is 0 Å². The number of carbonyl (C=O) groups excluding carboxylic acids is 1. The molecule has 5 nitrogen and oxygen atoms in total. The molecule has 1 amide bonds. The number of thioether (sulfide) groups is 1. The minimum Gasteiger partial charge on any atom is -0.325 e. The molecule has 0 spiro atoms. The molecule has 0 bridgehead atoms. The highest BCUT2D eigenvalue weighted by atomic mass is 32.2. The fourth-order valence-electron chi connectivity index (χ4n) is 2.96. The van der Waals surface area contributed by atoms with Crippen molar-refractivity contribution in [2.75, 3.05) is 10.0 Å². The van der Waals surface area contributed by atoms with E-state index >= 15 is 0 Å². The third-order valence-corrected chi connectivity index (χ3v) is 7.37. The van der Waals surface area contributed by atoms with E-state index in [1.807, 2.05) is 63.2 Å². The number of amides is 1. The number of hydrogen-bond acceptors (Lipinski definition) is 4. The van der Waals surface area contributed by atoms with Crippen molar-refractivity contribution in [3.8, 4) is 0 Å². The summed E-state index contributed by atoms with van der Waals surface area (Å²) in [6, 6.07) is 21.7. The van der Waals surface area contributed by atoms with Gasteiger partial charge in [0.15, 0.2) is 0 Å². The molecule has 0 heterocycles. The van der Waals surface area contributed by atoms with E-state index in [-0.39, 0.29) is 16.1 Å². The average Bonchev–Trinajstić information content (AvgIpc) is 2.75. The molecule has 0 aliphatic rings. The molecule has 2 N–H and O–H groups in total. The fraction of sp³-hybridized carbons (Fsp3) is 0.208. The third kappa shape index (κ3) is 6.35. The van der Waals surface area contributed by atoms with Gasteiger partial charge in [-0.15, -0.1) is 11.8 Å². The van der Waals surface area contributed by atoms with E-state index in [0.717, 1.165) is 22.4 Å². The lowest BCUT2D eigenvalue weighted by Gasteiger charge is -2.13. The van der Waals surface area contributed by atoms with Crippen LogP contribution in [0, 0.1) is 13.8 Å². The Hall–Kier alpha value is -2.77. The first-order valence-corrected chi connectivity index (χ1v) is 12.4. The zero-order valence-electron chi connectivity index (χ0n) is 17.8. The molecule has 0 aromatic heterocycles. The first kappa shape index (κ1) is 22.9. The predicted octanol–water partition coefficient (Wildman–Crippen LogP) is 5.36. The molecule has 31 heavy (non-hydrogen) atoms. The van der Waals surface area contributed by atoms with Crippen molar-refractivity contribution in [1.82, 2.24) is 0 Å². The topological polar surface area (TPSA) is 75.3 Å². The van der Waals surface area contributed by atoms with E-state index < -0.39 is 10.0 Å². The summed E-state index contributed by atoms with van der Waals surface area (Å²) in [5, 5.41) is 2.61. The average molecular weight is 455 g/mol. The van der Waals surface area contributed by atoms with Crippen LogP contribution in [0.3, 0.4) is 0 Å². The van der Waals surface area contributed by atoms with E-state index in [9.17, 15) is 13.2 Å². The fourth-order valence-corrected chi connectivity index (χ4v) is 4.94. The van der Waals surface area contributed by atoms with Crippen LogP contribution < -0.4 is 10.0 Å². The van der Waals surface area contributed by atoms with Crippen molar-refractivity contribution in [2.45, 2.75) is 36.7 Å². The Labute approximate surface area is 188 Å². The lowest BCUT2D eigenvalue weighted by Crippen LogP contribution is -2.22. The summed E-state index contributed by atoms with van der Waals surface area (Å²) in [5.74, 6) is 0.626. The summed E-state index contributed by atoms with van der Waals surface area (Å²) >= 11 is 1.55. The monoisotopic (exact) mass is 454 g/mol. The van der Waals surface area contributed by atoms with Crippen LogP contribution in [-0.2, 0) is 20.6 Å². The normalized spacial score (nSPS) is 12.2. The van der Waals surface area contributed by atoms with Crippen LogP contribution in [0.1, 0.15) is 23.6 Å². The summed E-state index contributed by atoms with van der Waals surface area (Å²) < 4.78 is 28.0. The maximum absolute atomic E-state index is 12.7. The molecule has 0 fully saturated rings. The molecule has 0 saturated carbocycles. The molecule has 3 rings (SSSR count). The van der Waals surface area contributed by atoms with Gasteiger partial charge in [-0.25, -0.2) is 8.42 Å². The second-order valence-electron chi connectivity index (χ2n) is 7.38. The second kappa shape index (κ2) is 10.0. The van der Waals surface area contributed by atoms with Gasteiger partial charge in [0.25, 0.3) is 10.0 Å². The van der Waals surface area contributed by atoms with Crippen molar-refractivity contribution < 1.29 is 13.2 Å². The number of hydrogen-bond donors (Lipinski definition) is 2. The van der Waals surface area contributed by atoms with E-state index in [1.165, 1.54) is 12.1 Å². The van der Waals surface area contributed by atoms with E-state index in [0.29, 0.717) is 11.4 Å². The summed E-state index contributed by atoms with van der Waals surface area (Å²) in [5.41, 5.74) is 4.19. The lowest BCUT2D eigenvalue weighted by molar-refractivity contribution is -0.115. The summed E-state index contributed by atoms with van der Waals surface area (Å²) in [4.78, 5) is 12.6. The number of anilines is 2. The van der Waals surface area contributed by atoms with Gasteiger partial charge < -0.3 is 5.32 Å². The van der Waals surface area contributed by atoms with Crippen molar-refractivity contribution in [3.05, 3.63) is 89.5 Å². The molecule has 0 saturated heterocycles. The summed E-state index contributed by atoms with van der Waals surface area (Å²) in [6.45, 7) is 5.68. The Kier molecular flexibility index (Phi) is 7.41. The van der Waals surface area contributed by atoms with Crippen LogP contribution in [0.2, 0.25) is 0 Å². The van der Waals surface area contributed by atoms with Crippen molar-refractivity contribution in [1.29, 1.82) is 0 Å². The lowest BCUT2D eigenvalue weighted by atomic mass is 10.1. The molecule has 0 aliphatic heterocycles. The van der Waals surface area contributed by atoms with Crippen LogP contribution in [0.25, 0.3) is 0 Å². The number of carbonyl (C=O) groups is 1. The van der Waals surface area contributed by atoms with Gasteiger partial charge in [0, 0.05) is 11.4 Å². The van der Waals surface area contributed by atoms with E-state index in [4.69, 9.17) is 0 Å². The Balaban J connectivity index is 1.60. The van der Waals surface area contributed by atoms with E-state index in [2.05, 4.69) is 10.0 Å². The Morgan fingerprint density at radius 2 is 1.65 bits per heavy atom. The maximum atomic E-state index is 12.7. The van der Waals surface area contributed by atoms with Gasteiger partial charge in [-0.1, -0.05) is 48.0 Å². The smallest absolute Gasteiger partial charge is 0.261 e. The third-order valence-electron chi connectivity index (χ3n) is 4.77. The molecular formula is C24H26N2O3S2. The highest BCUT2D eigenvalue weighted by Crippen LogP contribution is 2.23. The minimum atomic E-state index is -3.72. The summed E-state index contributed by atoms with van der Waals surface area (Å²) in [7, 11) is -3.72. The van der Waals surface area contributed by atoms with Crippen LogP contribution in [0.4, 0.5) is 11.4 Å². The van der Waals surface area contributed by atoms with Crippen LogP contribution >= 0.6 is 11.8 Å². The van der Waals surface area contributed by atoms with Crippen LogP contribution in [0.15, 0.2) is 77.7 Å². The Morgan fingerprint density at radius 3 is 2.29 bits per heavy atom. The maximum Gasteiger partial charge on any atom is 0.261 e. The van der Waals surface area contributed by atoms with Crippen LogP contribution in [-0.4, -0.2) is 19.6 Å². The van der Waals surface area contributed by atoms with Crippen molar-refractivity contribution in [3.63, 3.8) is 0 Å². The quantitative estimate of drug-likeness (QED) is 0.480. The highest BCUT2D eigenvalue weighted by Gasteiger charge is 2.17. The first-order valence-electron chi connectivity index (χ1n) is 9.91. The van der Waals surface area contributed by atoms with Gasteiger partial charge in [-0.3, -0.25) is 9.52 Å². The standard InChI is InChI=1S/C24H26N2O3S2/c1-17-9-14-23(18(2)15-17)26-31(28,29)22-12-10-21(11-13-22)25-24(27)19(3)30-16-20-7-5-4-6-8-20/h4-15,19,26H,16H2,1-3H3,(H,25,27)/t19-/m0/s1. The van der Waals surface area contributed by atoms with Gasteiger partial charge in [-0.2, -0.15) is 0 Å². The molecule has 1 atom stereocenters.